The lowest BCUT2D eigenvalue weighted by molar-refractivity contribution is -0.117. The molecule has 0 spiro atoms. The second-order valence-electron chi connectivity index (χ2n) is 6.72. The Morgan fingerprint density at radius 1 is 1.21 bits per heavy atom. The number of fused-ring (bicyclic) bond motifs is 1. The lowest BCUT2D eigenvalue weighted by Crippen LogP contribution is -2.37. The molecule has 2 aromatic rings. The molecule has 5 nitrogen and oxygen atoms in total. The Kier molecular flexibility index (Phi) is 5.20. The van der Waals surface area contributed by atoms with Crippen LogP contribution in [0.3, 0.4) is 0 Å². The van der Waals surface area contributed by atoms with Crippen LogP contribution in [0.2, 0.25) is 5.02 Å². The van der Waals surface area contributed by atoms with Crippen molar-refractivity contribution in [1.29, 1.82) is 0 Å². The quantitative estimate of drug-likeness (QED) is 0.735. The monoisotopic (exact) mass is 438 g/mol. The Bertz CT molecular complexity index is 1060. The van der Waals surface area contributed by atoms with Gasteiger partial charge in [-0.3, -0.25) is 4.79 Å². The van der Waals surface area contributed by atoms with Crippen LogP contribution in [0.15, 0.2) is 53.5 Å². The maximum atomic E-state index is 13.6. The molecule has 0 N–H and O–H groups in total. The van der Waals surface area contributed by atoms with Crippen molar-refractivity contribution in [3.8, 4) is 0 Å². The standard InChI is InChI=1S/C19H16ClFN2O3S2/c20-14-9-13(6-7-15(14)21)23-16-10-28(25,26)11-17(16)27-19(23)22-18(24)8-12-4-2-1-3-5-12/h1-7,9,16-17H,8,10-11H2/t16-,17-/m0/s1. The van der Waals surface area contributed by atoms with Gasteiger partial charge in [0, 0.05) is 10.9 Å². The van der Waals surface area contributed by atoms with Gasteiger partial charge in [0.15, 0.2) is 15.0 Å². The maximum absolute atomic E-state index is 13.6. The molecule has 2 saturated heterocycles. The maximum Gasteiger partial charge on any atom is 0.252 e. The first-order valence-corrected chi connectivity index (χ1v) is 11.7. The highest BCUT2D eigenvalue weighted by molar-refractivity contribution is 8.16. The number of benzene rings is 2. The van der Waals surface area contributed by atoms with E-state index in [9.17, 15) is 17.6 Å². The number of aliphatic imine (C=N–C) groups is 1. The largest absolute Gasteiger partial charge is 0.316 e. The molecule has 0 aliphatic carbocycles. The minimum Gasteiger partial charge on any atom is -0.316 e. The number of carbonyl (C=O) groups excluding carboxylic acids is 1. The van der Waals surface area contributed by atoms with Gasteiger partial charge in [0.25, 0.3) is 5.91 Å². The van der Waals surface area contributed by atoms with Crippen molar-refractivity contribution in [2.24, 2.45) is 4.99 Å². The fourth-order valence-corrected chi connectivity index (χ4v) is 7.52. The molecule has 2 fully saturated rings. The van der Waals surface area contributed by atoms with E-state index in [0.717, 1.165) is 5.56 Å². The first-order chi connectivity index (χ1) is 13.3. The number of rotatable bonds is 3. The Labute approximate surface area is 171 Å². The van der Waals surface area contributed by atoms with Gasteiger partial charge in [0.2, 0.25) is 0 Å². The summed E-state index contributed by atoms with van der Waals surface area (Å²) in [6.45, 7) is 0. The van der Waals surface area contributed by atoms with Gasteiger partial charge in [-0.05, 0) is 23.8 Å². The van der Waals surface area contributed by atoms with Crippen LogP contribution in [-0.4, -0.2) is 42.3 Å². The third-order valence-corrected chi connectivity index (χ3v) is 8.17. The van der Waals surface area contributed by atoms with Gasteiger partial charge in [-0.2, -0.15) is 4.99 Å². The van der Waals surface area contributed by atoms with E-state index in [-0.39, 0.29) is 40.1 Å². The molecule has 0 radical (unpaired) electrons. The number of anilines is 1. The van der Waals surface area contributed by atoms with Crippen molar-refractivity contribution >= 4 is 50.0 Å². The number of hydrogen-bond donors (Lipinski definition) is 0. The summed E-state index contributed by atoms with van der Waals surface area (Å²) in [5.74, 6) is -0.896. The van der Waals surface area contributed by atoms with E-state index in [2.05, 4.69) is 4.99 Å². The zero-order valence-corrected chi connectivity index (χ0v) is 17.0. The van der Waals surface area contributed by atoms with Gasteiger partial charge in [-0.15, -0.1) is 0 Å². The van der Waals surface area contributed by atoms with E-state index in [1.165, 1.54) is 30.0 Å². The number of amidine groups is 1. The summed E-state index contributed by atoms with van der Waals surface area (Å²) in [7, 11) is -3.17. The van der Waals surface area contributed by atoms with Crippen molar-refractivity contribution in [2.75, 3.05) is 16.4 Å². The van der Waals surface area contributed by atoms with Crippen molar-refractivity contribution in [3.05, 3.63) is 64.9 Å². The molecule has 28 heavy (non-hydrogen) atoms. The molecule has 0 aromatic heterocycles. The minimum absolute atomic E-state index is 0.0274. The second kappa shape index (κ2) is 7.50. The fourth-order valence-electron chi connectivity index (χ4n) is 3.42. The molecule has 2 aliphatic heterocycles. The number of carbonyl (C=O) groups is 1. The van der Waals surface area contributed by atoms with Gasteiger partial charge in [-0.1, -0.05) is 53.7 Å². The van der Waals surface area contributed by atoms with Gasteiger partial charge < -0.3 is 4.90 Å². The Morgan fingerprint density at radius 2 is 1.96 bits per heavy atom. The van der Waals surface area contributed by atoms with Crippen molar-refractivity contribution < 1.29 is 17.6 Å². The molecular weight excluding hydrogens is 423 g/mol. The smallest absolute Gasteiger partial charge is 0.252 e. The summed E-state index contributed by atoms with van der Waals surface area (Å²) < 4.78 is 37.7. The summed E-state index contributed by atoms with van der Waals surface area (Å²) in [5, 5.41) is 0.132. The van der Waals surface area contributed by atoms with E-state index in [4.69, 9.17) is 11.6 Å². The molecule has 1 amide bonds. The van der Waals surface area contributed by atoms with Crippen molar-refractivity contribution in [3.63, 3.8) is 0 Å². The number of amides is 1. The number of hydrogen-bond acceptors (Lipinski definition) is 4. The predicted octanol–water partition coefficient (Wildman–Crippen LogP) is 3.32. The van der Waals surface area contributed by atoms with Gasteiger partial charge >= 0.3 is 0 Å². The van der Waals surface area contributed by atoms with Crippen LogP contribution in [0.1, 0.15) is 5.56 Å². The Balaban J connectivity index is 1.67. The molecule has 0 bridgehead atoms. The van der Waals surface area contributed by atoms with Gasteiger partial charge in [0.05, 0.1) is 29.0 Å². The van der Waals surface area contributed by atoms with Crippen LogP contribution < -0.4 is 4.90 Å². The van der Waals surface area contributed by atoms with E-state index < -0.39 is 15.7 Å². The molecule has 0 unspecified atom stereocenters. The molecule has 9 heteroatoms. The van der Waals surface area contributed by atoms with Crippen molar-refractivity contribution in [2.45, 2.75) is 17.7 Å². The first-order valence-electron chi connectivity index (χ1n) is 8.59. The highest BCUT2D eigenvalue weighted by Gasteiger charge is 2.49. The molecule has 2 heterocycles. The topological polar surface area (TPSA) is 66.8 Å². The highest BCUT2D eigenvalue weighted by atomic mass is 35.5. The summed E-state index contributed by atoms with van der Waals surface area (Å²) in [6.07, 6.45) is 0.149. The Hall–Kier alpha value is -1.90. The van der Waals surface area contributed by atoms with Crippen molar-refractivity contribution in [1.82, 2.24) is 0 Å². The van der Waals surface area contributed by atoms with Crippen LogP contribution in [0, 0.1) is 5.82 Å². The van der Waals surface area contributed by atoms with Crippen LogP contribution in [0.25, 0.3) is 0 Å². The molecule has 2 aromatic carbocycles. The number of thioether (sulfide) groups is 1. The van der Waals surface area contributed by atoms with E-state index in [1.807, 2.05) is 30.3 Å². The van der Waals surface area contributed by atoms with E-state index >= 15 is 0 Å². The van der Waals surface area contributed by atoms with E-state index in [0.29, 0.717) is 10.9 Å². The molecule has 2 atom stereocenters. The molecule has 0 saturated carbocycles. The zero-order chi connectivity index (χ0) is 19.9. The average Bonchev–Trinajstić information content (AvgIpc) is 3.09. The molecule has 2 aliphatic rings. The molecule has 146 valence electrons. The lowest BCUT2D eigenvalue weighted by atomic mass is 10.1. The lowest BCUT2D eigenvalue weighted by Gasteiger charge is -2.24. The molecule has 4 rings (SSSR count). The number of sulfone groups is 1. The van der Waals surface area contributed by atoms with Crippen LogP contribution in [-0.2, 0) is 21.1 Å². The third kappa shape index (κ3) is 3.94. The van der Waals surface area contributed by atoms with E-state index in [1.54, 1.807) is 4.90 Å². The van der Waals surface area contributed by atoms with Gasteiger partial charge in [-0.25, -0.2) is 12.8 Å². The van der Waals surface area contributed by atoms with Gasteiger partial charge in [0.1, 0.15) is 5.82 Å². The van der Waals surface area contributed by atoms with Crippen LogP contribution in [0.4, 0.5) is 10.1 Å². The highest BCUT2D eigenvalue weighted by Crippen LogP contribution is 2.41. The van der Waals surface area contributed by atoms with Crippen LogP contribution >= 0.6 is 23.4 Å². The fraction of sp³-hybridized carbons (Fsp3) is 0.263. The SMILES string of the molecule is O=C(Cc1ccccc1)N=C1S[C@H]2CS(=O)(=O)C[C@@H]2N1c1ccc(F)c(Cl)c1. The predicted molar refractivity (Wildman–Crippen MR) is 110 cm³/mol. The second-order valence-corrected chi connectivity index (χ2v) is 10.5. The summed E-state index contributed by atoms with van der Waals surface area (Å²) >= 11 is 7.19. The summed E-state index contributed by atoms with van der Waals surface area (Å²) in [6, 6.07) is 13.1. The average molecular weight is 439 g/mol. The Morgan fingerprint density at radius 3 is 2.68 bits per heavy atom. The first kappa shape index (κ1) is 19.4. The third-order valence-electron chi connectivity index (χ3n) is 4.67. The summed E-state index contributed by atoms with van der Waals surface area (Å²) in [4.78, 5) is 18.4. The number of halogens is 2. The minimum atomic E-state index is -3.17. The normalized spacial score (nSPS) is 24.5. The number of nitrogens with zero attached hydrogens (tertiary/aromatic N) is 2. The molecular formula is C19H16ClFN2O3S2. The van der Waals surface area contributed by atoms with Crippen LogP contribution in [0.5, 0.6) is 0 Å². The zero-order valence-electron chi connectivity index (χ0n) is 14.6. The summed E-state index contributed by atoms with van der Waals surface area (Å²) in [5.41, 5.74) is 1.37.